The molecule has 0 fully saturated rings. The zero-order valence-corrected chi connectivity index (χ0v) is 11.7. The second-order valence-electron chi connectivity index (χ2n) is 4.17. The van der Waals surface area contributed by atoms with Gasteiger partial charge in [0.05, 0.1) is 12.0 Å². The molecule has 5 nitrogen and oxygen atoms in total. The fourth-order valence-electron chi connectivity index (χ4n) is 1.68. The maximum absolute atomic E-state index is 12.1. The fourth-order valence-corrected chi connectivity index (χ4v) is 2.70. The molecule has 0 amide bonds. The zero-order valence-electron chi connectivity index (χ0n) is 10.9. The highest BCUT2D eigenvalue weighted by molar-refractivity contribution is 7.89. The van der Waals surface area contributed by atoms with Crippen molar-refractivity contribution in [2.24, 2.45) is 0 Å². The van der Waals surface area contributed by atoms with Crippen LogP contribution in [-0.2, 0) is 16.6 Å². The molecule has 2 aromatic rings. The van der Waals surface area contributed by atoms with Crippen LogP contribution in [0, 0.1) is 0 Å². The number of rotatable bonds is 5. The van der Waals surface area contributed by atoms with Gasteiger partial charge in [-0.1, -0.05) is 12.1 Å². The molecule has 2 rings (SSSR count). The fraction of sp³-hybridized carbons (Fsp3) is 0.143. The number of phenols is 1. The standard InChI is InChI=1S/C14H15NO4S/c1-19-13-5-7-14(8-6-13)20(17,18)15-10-11-3-2-4-12(16)9-11/h2-9,15-16H,10H2,1H3. The molecule has 0 saturated carbocycles. The van der Waals surface area contributed by atoms with Crippen molar-refractivity contribution in [3.8, 4) is 11.5 Å². The van der Waals surface area contributed by atoms with E-state index >= 15 is 0 Å². The van der Waals surface area contributed by atoms with Crippen LogP contribution in [0.5, 0.6) is 11.5 Å². The molecule has 2 N–H and O–H groups in total. The molecule has 0 aliphatic rings. The molecule has 0 spiro atoms. The number of hydrogen-bond acceptors (Lipinski definition) is 4. The van der Waals surface area contributed by atoms with Gasteiger partial charge >= 0.3 is 0 Å². The van der Waals surface area contributed by atoms with Gasteiger partial charge in [-0.2, -0.15) is 0 Å². The van der Waals surface area contributed by atoms with Gasteiger partial charge in [0, 0.05) is 6.54 Å². The van der Waals surface area contributed by atoms with Gasteiger partial charge in [-0.25, -0.2) is 13.1 Å². The normalized spacial score (nSPS) is 11.2. The van der Waals surface area contributed by atoms with E-state index in [1.807, 2.05) is 0 Å². The summed E-state index contributed by atoms with van der Waals surface area (Å²) in [5, 5.41) is 9.33. The van der Waals surface area contributed by atoms with Crippen LogP contribution in [0.1, 0.15) is 5.56 Å². The van der Waals surface area contributed by atoms with Gasteiger partial charge in [0.25, 0.3) is 0 Å². The molecule has 0 atom stereocenters. The van der Waals surface area contributed by atoms with Crippen LogP contribution in [0.3, 0.4) is 0 Å². The highest BCUT2D eigenvalue weighted by Gasteiger charge is 2.13. The molecule has 106 valence electrons. The Morgan fingerprint density at radius 3 is 2.45 bits per heavy atom. The van der Waals surface area contributed by atoms with E-state index < -0.39 is 10.0 Å². The van der Waals surface area contributed by atoms with Crippen molar-refractivity contribution in [3.63, 3.8) is 0 Å². The number of methoxy groups -OCH3 is 1. The van der Waals surface area contributed by atoms with Crippen molar-refractivity contribution in [2.45, 2.75) is 11.4 Å². The molecular weight excluding hydrogens is 278 g/mol. The van der Waals surface area contributed by atoms with Gasteiger partial charge in [-0.05, 0) is 42.0 Å². The molecule has 20 heavy (non-hydrogen) atoms. The molecule has 0 radical (unpaired) electrons. The molecule has 2 aromatic carbocycles. The SMILES string of the molecule is COc1ccc(S(=O)(=O)NCc2cccc(O)c2)cc1. The van der Waals surface area contributed by atoms with Crippen molar-refractivity contribution in [2.75, 3.05) is 7.11 Å². The van der Waals surface area contributed by atoms with E-state index in [4.69, 9.17) is 4.74 Å². The molecule has 0 bridgehead atoms. The predicted octanol–water partition coefficient (Wildman–Crippen LogP) is 1.88. The Morgan fingerprint density at radius 1 is 1.15 bits per heavy atom. The van der Waals surface area contributed by atoms with Crippen molar-refractivity contribution >= 4 is 10.0 Å². The van der Waals surface area contributed by atoms with Crippen molar-refractivity contribution in [1.29, 1.82) is 0 Å². The second-order valence-corrected chi connectivity index (χ2v) is 5.94. The van der Waals surface area contributed by atoms with Crippen LogP contribution in [-0.4, -0.2) is 20.6 Å². The Labute approximate surface area is 117 Å². The van der Waals surface area contributed by atoms with E-state index in [1.165, 1.54) is 31.4 Å². The van der Waals surface area contributed by atoms with Crippen molar-refractivity contribution in [1.82, 2.24) is 4.72 Å². The summed E-state index contributed by atoms with van der Waals surface area (Å²) in [5.41, 5.74) is 0.682. The molecule has 0 aromatic heterocycles. The Balaban J connectivity index is 2.10. The summed E-state index contributed by atoms with van der Waals surface area (Å²) >= 11 is 0. The van der Waals surface area contributed by atoms with Gasteiger partial charge in [-0.15, -0.1) is 0 Å². The van der Waals surface area contributed by atoms with E-state index in [0.29, 0.717) is 11.3 Å². The van der Waals surface area contributed by atoms with Crippen molar-refractivity contribution in [3.05, 3.63) is 54.1 Å². The maximum Gasteiger partial charge on any atom is 0.240 e. The first-order chi connectivity index (χ1) is 9.51. The number of aromatic hydroxyl groups is 1. The van der Waals surface area contributed by atoms with Crippen LogP contribution >= 0.6 is 0 Å². The lowest BCUT2D eigenvalue weighted by molar-refractivity contribution is 0.414. The Kier molecular flexibility index (Phi) is 4.26. The third-order valence-electron chi connectivity index (χ3n) is 2.75. The van der Waals surface area contributed by atoms with E-state index in [1.54, 1.807) is 24.3 Å². The minimum Gasteiger partial charge on any atom is -0.508 e. The topological polar surface area (TPSA) is 75.6 Å². The molecule has 0 heterocycles. The number of phenolic OH excluding ortho intramolecular Hbond substituents is 1. The van der Waals surface area contributed by atoms with E-state index in [2.05, 4.69) is 4.72 Å². The van der Waals surface area contributed by atoms with E-state index in [0.717, 1.165) is 0 Å². The number of ether oxygens (including phenoxy) is 1. The number of sulfonamides is 1. The van der Waals surface area contributed by atoms with E-state index in [9.17, 15) is 13.5 Å². The first kappa shape index (κ1) is 14.4. The Bertz CT molecular complexity index is 681. The number of benzene rings is 2. The summed E-state index contributed by atoms with van der Waals surface area (Å²) in [5.74, 6) is 0.697. The van der Waals surface area contributed by atoms with Gasteiger partial charge < -0.3 is 9.84 Å². The Morgan fingerprint density at radius 2 is 1.85 bits per heavy atom. The molecular formula is C14H15NO4S. The van der Waals surface area contributed by atoms with E-state index in [-0.39, 0.29) is 17.2 Å². The Hall–Kier alpha value is -2.05. The average molecular weight is 293 g/mol. The summed E-state index contributed by atoms with van der Waals surface area (Å²) in [7, 11) is -2.07. The first-order valence-electron chi connectivity index (χ1n) is 5.93. The van der Waals surface area contributed by atoms with Gasteiger partial charge in [-0.3, -0.25) is 0 Å². The largest absolute Gasteiger partial charge is 0.508 e. The van der Waals surface area contributed by atoms with Gasteiger partial charge in [0.1, 0.15) is 11.5 Å². The lowest BCUT2D eigenvalue weighted by Gasteiger charge is -2.08. The van der Waals surface area contributed by atoms with Gasteiger partial charge in [0.2, 0.25) is 10.0 Å². The smallest absolute Gasteiger partial charge is 0.240 e. The highest BCUT2D eigenvalue weighted by Crippen LogP contribution is 2.16. The van der Waals surface area contributed by atoms with Crippen LogP contribution in [0.15, 0.2) is 53.4 Å². The maximum atomic E-state index is 12.1. The number of hydrogen-bond donors (Lipinski definition) is 2. The lowest BCUT2D eigenvalue weighted by atomic mass is 10.2. The summed E-state index contributed by atoms with van der Waals surface area (Å²) < 4.78 is 31.6. The van der Waals surface area contributed by atoms with Crippen LogP contribution in [0.4, 0.5) is 0 Å². The highest BCUT2D eigenvalue weighted by atomic mass is 32.2. The summed E-state index contributed by atoms with van der Waals surface area (Å²) in [4.78, 5) is 0.165. The van der Waals surface area contributed by atoms with Crippen LogP contribution < -0.4 is 9.46 Å². The van der Waals surface area contributed by atoms with Gasteiger partial charge in [0.15, 0.2) is 0 Å². The number of nitrogens with one attached hydrogen (secondary N) is 1. The average Bonchev–Trinajstić information content (AvgIpc) is 2.45. The van der Waals surface area contributed by atoms with Crippen molar-refractivity contribution < 1.29 is 18.3 Å². The minimum absolute atomic E-state index is 0.103. The monoisotopic (exact) mass is 293 g/mol. The molecule has 0 aliphatic carbocycles. The molecule has 0 unspecified atom stereocenters. The molecule has 0 aliphatic heterocycles. The summed E-state index contributed by atoms with van der Waals surface area (Å²) in [6.45, 7) is 0.114. The van der Waals surface area contributed by atoms with Crippen LogP contribution in [0.2, 0.25) is 0 Å². The molecule has 0 saturated heterocycles. The molecule has 6 heteroatoms. The summed E-state index contributed by atoms with van der Waals surface area (Å²) in [6, 6.07) is 12.6. The van der Waals surface area contributed by atoms with Crippen LogP contribution in [0.25, 0.3) is 0 Å². The minimum atomic E-state index is -3.58. The predicted molar refractivity (Wildman–Crippen MR) is 75.1 cm³/mol. The second kappa shape index (κ2) is 5.94. The first-order valence-corrected chi connectivity index (χ1v) is 7.41. The lowest BCUT2D eigenvalue weighted by Crippen LogP contribution is -2.23. The summed E-state index contributed by atoms with van der Waals surface area (Å²) in [6.07, 6.45) is 0. The zero-order chi connectivity index (χ0) is 14.6. The third kappa shape index (κ3) is 3.49. The third-order valence-corrected chi connectivity index (χ3v) is 4.16. The quantitative estimate of drug-likeness (QED) is 0.882.